The molecule has 0 heterocycles. The molecule has 1 unspecified atom stereocenters. The van der Waals surface area contributed by atoms with Crippen LogP contribution in [-0.4, -0.2) is 43.8 Å². The Hall–Kier alpha value is -2.05. The third-order valence-electron chi connectivity index (χ3n) is 2.82. The van der Waals surface area contributed by atoms with Crippen molar-refractivity contribution >= 4 is 18.0 Å². The lowest BCUT2D eigenvalue weighted by atomic mass is 10.0. The molecule has 0 saturated heterocycles. The highest BCUT2D eigenvalue weighted by Crippen LogP contribution is 2.07. The van der Waals surface area contributed by atoms with E-state index in [4.69, 9.17) is 10.5 Å². The molecule has 1 aromatic rings. The number of aldehydes is 1. The highest BCUT2D eigenvalue weighted by atomic mass is 16.5. The van der Waals surface area contributed by atoms with Crippen LogP contribution in [0.25, 0.3) is 0 Å². The van der Waals surface area contributed by atoms with Gasteiger partial charge in [0, 0.05) is 12.1 Å². The highest BCUT2D eigenvalue weighted by molar-refractivity contribution is 5.94. The number of ether oxygens (including phenoxy) is 1. The topological polar surface area (TPSA) is 98.5 Å². The Bertz CT molecular complexity index is 485. The number of amides is 1. The number of hydrogen-bond acceptors (Lipinski definition) is 5. The maximum Gasteiger partial charge on any atom is 0.246 e. The fourth-order valence-corrected chi connectivity index (χ4v) is 1.76. The van der Waals surface area contributed by atoms with Crippen LogP contribution in [0.15, 0.2) is 24.3 Å². The molecule has 0 spiro atoms. The predicted molar refractivity (Wildman–Crippen MR) is 78.0 cm³/mol. The number of nitrogens with two attached hydrogens (primary N) is 1. The van der Waals surface area contributed by atoms with E-state index in [1.165, 1.54) is 6.92 Å². The number of ketones is 1. The van der Waals surface area contributed by atoms with Crippen molar-refractivity contribution in [3.05, 3.63) is 35.4 Å². The molecule has 21 heavy (non-hydrogen) atoms. The van der Waals surface area contributed by atoms with Gasteiger partial charge in [-0.3, -0.25) is 9.59 Å². The molecule has 1 aromatic carbocycles. The number of carbonyl (C=O) groups excluding carboxylic acids is 3. The lowest BCUT2D eigenvalue weighted by Crippen LogP contribution is -2.39. The van der Waals surface area contributed by atoms with Crippen LogP contribution in [-0.2, 0) is 20.7 Å². The molecule has 1 amide bonds. The Kier molecular flexibility index (Phi) is 7.28. The Morgan fingerprint density at radius 3 is 2.52 bits per heavy atom. The zero-order chi connectivity index (χ0) is 15.7. The van der Waals surface area contributed by atoms with Crippen LogP contribution in [0.1, 0.15) is 22.8 Å². The van der Waals surface area contributed by atoms with Crippen molar-refractivity contribution in [1.29, 1.82) is 0 Å². The van der Waals surface area contributed by atoms with E-state index in [1.54, 1.807) is 24.3 Å². The summed E-state index contributed by atoms with van der Waals surface area (Å²) in [6.45, 7) is 2.01. The fraction of sp³-hybridized carbons (Fsp3) is 0.400. The second-order valence-corrected chi connectivity index (χ2v) is 4.61. The summed E-state index contributed by atoms with van der Waals surface area (Å²) < 4.78 is 4.99. The summed E-state index contributed by atoms with van der Waals surface area (Å²) >= 11 is 0. The van der Waals surface area contributed by atoms with Gasteiger partial charge in [-0.25, -0.2) is 0 Å². The smallest absolute Gasteiger partial charge is 0.246 e. The van der Waals surface area contributed by atoms with Crippen LogP contribution in [0.5, 0.6) is 0 Å². The molecule has 1 rings (SSSR count). The summed E-state index contributed by atoms with van der Waals surface area (Å²) in [7, 11) is 0. The van der Waals surface area contributed by atoms with Gasteiger partial charge in [0.25, 0.3) is 0 Å². The Labute approximate surface area is 123 Å². The van der Waals surface area contributed by atoms with Crippen LogP contribution in [0.2, 0.25) is 0 Å². The summed E-state index contributed by atoms with van der Waals surface area (Å²) in [5, 5.41) is 2.57. The standard InChI is InChI=1S/C15H20N2O4/c1-11(19)13-4-2-12(3-5-13)8-14(9-18)17-15(20)10-21-7-6-16/h2-5,9,14H,6-8,10,16H2,1H3,(H,17,20). The van der Waals surface area contributed by atoms with Crippen molar-refractivity contribution in [2.45, 2.75) is 19.4 Å². The first-order valence-electron chi connectivity index (χ1n) is 6.69. The summed E-state index contributed by atoms with van der Waals surface area (Å²) in [4.78, 5) is 33.7. The van der Waals surface area contributed by atoms with Gasteiger partial charge in [-0.1, -0.05) is 24.3 Å². The van der Waals surface area contributed by atoms with Crippen LogP contribution in [0.4, 0.5) is 0 Å². The lowest BCUT2D eigenvalue weighted by molar-refractivity contribution is -0.127. The lowest BCUT2D eigenvalue weighted by Gasteiger charge is -2.13. The van der Waals surface area contributed by atoms with Crippen molar-refractivity contribution in [2.24, 2.45) is 5.73 Å². The molecule has 0 bridgehead atoms. The van der Waals surface area contributed by atoms with Gasteiger partial charge < -0.3 is 20.6 Å². The van der Waals surface area contributed by atoms with E-state index in [0.717, 1.165) is 5.56 Å². The number of hydrogen-bond donors (Lipinski definition) is 2. The minimum atomic E-state index is -0.623. The largest absolute Gasteiger partial charge is 0.370 e. The second kappa shape index (κ2) is 8.99. The summed E-state index contributed by atoms with van der Waals surface area (Å²) in [6, 6.07) is 6.31. The molecule has 0 aliphatic heterocycles. The zero-order valence-corrected chi connectivity index (χ0v) is 12.0. The van der Waals surface area contributed by atoms with Crippen molar-refractivity contribution in [2.75, 3.05) is 19.8 Å². The van der Waals surface area contributed by atoms with Crippen LogP contribution >= 0.6 is 0 Å². The zero-order valence-electron chi connectivity index (χ0n) is 12.0. The molecular formula is C15H20N2O4. The summed E-state index contributed by atoms with van der Waals surface area (Å²) in [6.07, 6.45) is 1.05. The molecule has 6 heteroatoms. The van der Waals surface area contributed by atoms with E-state index in [1.807, 2.05) is 0 Å². The quantitative estimate of drug-likeness (QED) is 0.382. The number of carbonyl (C=O) groups is 3. The number of rotatable bonds is 9. The van der Waals surface area contributed by atoms with Gasteiger partial charge in [0.2, 0.25) is 5.91 Å². The van der Waals surface area contributed by atoms with E-state index >= 15 is 0 Å². The molecule has 1 atom stereocenters. The molecule has 3 N–H and O–H groups in total. The average Bonchev–Trinajstić information content (AvgIpc) is 2.47. The Morgan fingerprint density at radius 1 is 1.33 bits per heavy atom. The van der Waals surface area contributed by atoms with Gasteiger partial charge >= 0.3 is 0 Å². The van der Waals surface area contributed by atoms with Crippen molar-refractivity contribution in [3.8, 4) is 0 Å². The maximum atomic E-state index is 11.5. The summed E-state index contributed by atoms with van der Waals surface area (Å²) in [5.41, 5.74) is 6.71. The first kappa shape index (κ1) is 17.0. The molecule has 0 fully saturated rings. The van der Waals surface area contributed by atoms with E-state index in [-0.39, 0.29) is 18.3 Å². The van der Waals surface area contributed by atoms with Gasteiger partial charge in [0.15, 0.2) is 5.78 Å². The fourth-order valence-electron chi connectivity index (χ4n) is 1.76. The first-order chi connectivity index (χ1) is 10.1. The normalized spacial score (nSPS) is 11.7. The molecule has 0 saturated carbocycles. The average molecular weight is 292 g/mol. The first-order valence-corrected chi connectivity index (χ1v) is 6.69. The number of nitrogens with one attached hydrogen (secondary N) is 1. The molecule has 0 aliphatic rings. The van der Waals surface area contributed by atoms with E-state index in [9.17, 15) is 14.4 Å². The minimum Gasteiger partial charge on any atom is -0.370 e. The third-order valence-corrected chi connectivity index (χ3v) is 2.82. The molecule has 6 nitrogen and oxygen atoms in total. The number of Topliss-reactive ketones (excluding diaryl/α,β-unsaturated/α-hetero) is 1. The van der Waals surface area contributed by atoms with Crippen molar-refractivity contribution < 1.29 is 19.1 Å². The van der Waals surface area contributed by atoms with E-state index in [0.29, 0.717) is 31.4 Å². The van der Waals surface area contributed by atoms with Gasteiger partial charge in [-0.05, 0) is 18.9 Å². The molecule has 0 aliphatic carbocycles. The predicted octanol–water partition coefficient (Wildman–Crippen LogP) is 0.0907. The van der Waals surface area contributed by atoms with Crippen LogP contribution in [0.3, 0.4) is 0 Å². The second-order valence-electron chi connectivity index (χ2n) is 4.61. The van der Waals surface area contributed by atoms with Gasteiger partial charge in [0.1, 0.15) is 12.9 Å². The van der Waals surface area contributed by atoms with E-state index < -0.39 is 6.04 Å². The van der Waals surface area contributed by atoms with E-state index in [2.05, 4.69) is 5.32 Å². The molecule has 0 aromatic heterocycles. The summed E-state index contributed by atoms with van der Waals surface area (Å²) in [5.74, 6) is -0.375. The van der Waals surface area contributed by atoms with Gasteiger partial charge in [-0.15, -0.1) is 0 Å². The molecule has 0 radical (unpaired) electrons. The maximum absolute atomic E-state index is 11.5. The van der Waals surface area contributed by atoms with Gasteiger partial charge in [0.05, 0.1) is 12.6 Å². The Balaban J connectivity index is 2.51. The minimum absolute atomic E-state index is 0.0150. The Morgan fingerprint density at radius 2 is 2.00 bits per heavy atom. The van der Waals surface area contributed by atoms with Crippen LogP contribution < -0.4 is 11.1 Å². The van der Waals surface area contributed by atoms with Crippen molar-refractivity contribution in [3.63, 3.8) is 0 Å². The van der Waals surface area contributed by atoms with Crippen LogP contribution in [0, 0.1) is 0 Å². The third kappa shape index (κ3) is 6.29. The molecule has 114 valence electrons. The SMILES string of the molecule is CC(=O)c1ccc(CC(C=O)NC(=O)COCCN)cc1. The monoisotopic (exact) mass is 292 g/mol. The van der Waals surface area contributed by atoms with Gasteiger partial charge in [-0.2, -0.15) is 0 Å². The molecular weight excluding hydrogens is 272 g/mol. The van der Waals surface area contributed by atoms with Crippen molar-refractivity contribution in [1.82, 2.24) is 5.32 Å². The number of benzene rings is 1. The highest BCUT2D eigenvalue weighted by Gasteiger charge is 2.12.